The van der Waals surface area contributed by atoms with Crippen LogP contribution in [0.4, 0.5) is 0 Å². The zero-order valence-electron chi connectivity index (χ0n) is 13.2. The number of hydrogen-bond acceptors (Lipinski definition) is 5. The molecule has 24 heavy (non-hydrogen) atoms. The lowest BCUT2D eigenvalue weighted by atomic mass is 10.1. The number of pyridine rings is 1. The van der Waals surface area contributed by atoms with E-state index in [1.54, 1.807) is 22.5 Å². The van der Waals surface area contributed by atoms with Crippen LogP contribution < -0.4 is 0 Å². The lowest BCUT2D eigenvalue weighted by Gasteiger charge is -2.05. The highest BCUT2D eigenvalue weighted by Gasteiger charge is 2.11. The number of thioether (sulfide) groups is 1. The summed E-state index contributed by atoms with van der Waals surface area (Å²) in [5.41, 5.74) is 4.00. The first-order valence-electron chi connectivity index (χ1n) is 7.48. The molecule has 0 fully saturated rings. The Morgan fingerprint density at radius 3 is 2.92 bits per heavy atom. The van der Waals surface area contributed by atoms with Crippen molar-refractivity contribution in [1.29, 1.82) is 0 Å². The highest BCUT2D eigenvalue weighted by atomic mass is 35.5. The topological polar surface area (TPSA) is 56.0 Å². The predicted octanol–water partition coefficient (Wildman–Crippen LogP) is 4.24. The quantitative estimate of drug-likeness (QED) is 0.514. The van der Waals surface area contributed by atoms with Gasteiger partial charge in [-0.25, -0.2) is 9.50 Å². The van der Waals surface area contributed by atoms with Gasteiger partial charge in [0, 0.05) is 33.7 Å². The number of nitrogens with zero attached hydrogens (tertiary/aromatic N) is 5. The predicted molar refractivity (Wildman–Crippen MR) is 96.6 cm³/mol. The average Bonchev–Trinajstić information content (AvgIpc) is 2.98. The Balaban J connectivity index is 1.66. The van der Waals surface area contributed by atoms with Crippen molar-refractivity contribution < 1.29 is 0 Å². The van der Waals surface area contributed by atoms with Crippen molar-refractivity contribution in [2.75, 3.05) is 0 Å². The van der Waals surface area contributed by atoms with E-state index in [1.807, 2.05) is 44.2 Å². The van der Waals surface area contributed by atoms with Crippen LogP contribution in [0.15, 0.2) is 41.7 Å². The number of hydrogen-bond donors (Lipinski definition) is 0. The van der Waals surface area contributed by atoms with Gasteiger partial charge in [-0.3, -0.25) is 4.98 Å². The molecule has 0 aliphatic rings. The SMILES string of the molecule is Cc1cc(C)n2nc(SCc3ccc(Cl)c4cccnc34)nc2n1. The Bertz CT molecular complexity index is 1060. The molecular weight excluding hydrogens is 342 g/mol. The van der Waals surface area contributed by atoms with Crippen LogP contribution in [-0.2, 0) is 5.75 Å². The molecule has 4 aromatic rings. The summed E-state index contributed by atoms with van der Waals surface area (Å²) in [6.07, 6.45) is 1.78. The maximum atomic E-state index is 6.25. The molecule has 0 saturated carbocycles. The van der Waals surface area contributed by atoms with Crippen LogP contribution >= 0.6 is 23.4 Å². The van der Waals surface area contributed by atoms with E-state index in [2.05, 4.69) is 20.1 Å². The maximum absolute atomic E-state index is 6.25. The average molecular weight is 356 g/mol. The van der Waals surface area contributed by atoms with Gasteiger partial charge in [0.15, 0.2) is 0 Å². The summed E-state index contributed by atoms with van der Waals surface area (Å²) < 4.78 is 1.77. The summed E-state index contributed by atoms with van der Waals surface area (Å²) in [4.78, 5) is 13.4. The molecule has 0 atom stereocenters. The van der Waals surface area contributed by atoms with Crippen molar-refractivity contribution in [2.24, 2.45) is 0 Å². The molecule has 5 nitrogen and oxygen atoms in total. The highest BCUT2D eigenvalue weighted by Crippen LogP contribution is 2.29. The monoisotopic (exact) mass is 355 g/mol. The molecule has 120 valence electrons. The Morgan fingerprint density at radius 1 is 1.17 bits per heavy atom. The van der Waals surface area contributed by atoms with Gasteiger partial charge >= 0.3 is 0 Å². The highest BCUT2D eigenvalue weighted by molar-refractivity contribution is 7.98. The molecule has 0 unspecified atom stereocenters. The third kappa shape index (κ3) is 2.72. The van der Waals surface area contributed by atoms with Crippen LogP contribution in [0.2, 0.25) is 5.02 Å². The molecule has 0 bridgehead atoms. The van der Waals surface area contributed by atoms with Crippen LogP contribution in [0.1, 0.15) is 17.0 Å². The lowest BCUT2D eigenvalue weighted by Crippen LogP contribution is -1.97. The fourth-order valence-corrected chi connectivity index (χ4v) is 3.68. The Morgan fingerprint density at radius 2 is 2.04 bits per heavy atom. The molecule has 0 aliphatic carbocycles. The van der Waals surface area contributed by atoms with Gasteiger partial charge in [-0.15, -0.1) is 5.10 Å². The van der Waals surface area contributed by atoms with Gasteiger partial charge in [0.1, 0.15) is 0 Å². The number of halogens is 1. The van der Waals surface area contributed by atoms with E-state index in [1.165, 1.54) is 0 Å². The van der Waals surface area contributed by atoms with Gasteiger partial charge in [0.2, 0.25) is 5.16 Å². The number of aryl methyl sites for hydroxylation is 2. The molecule has 3 heterocycles. The van der Waals surface area contributed by atoms with Crippen molar-refractivity contribution in [3.63, 3.8) is 0 Å². The molecular formula is C17H14ClN5S. The second-order valence-corrected chi connectivity index (χ2v) is 6.89. The summed E-state index contributed by atoms with van der Waals surface area (Å²) >= 11 is 7.82. The molecule has 4 rings (SSSR count). The normalized spacial score (nSPS) is 11.5. The van der Waals surface area contributed by atoms with Crippen LogP contribution in [0, 0.1) is 13.8 Å². The van der Waals surface area contributed by atoms with Crippen molar-refractivity contribution in [3.05, 3.63) is 58.5 Å². The fraction of sp³-hybridized carbons (Fsp3) is 0.176. The number of aromatic nitrogens is 5. The summed E-state index contributed by atoms with van der Waals surface area (Å²) in [5, 5.41) is 6.91. The van der Waals surface area contributed by atoms with Gasteiger partial charge in [0.25, 0.3) is 5.78 Å². The standard InChI is InChI=1S/C17H14ClN5S/c1-10-8-11(2)23-16(20-10)21-17(22-23)24-9-12-5-6-14(18)13-4-3-7-19-15(12)13/h3-8H,9H2,1-2H3. The minimum Gasteiger partial charge on any atom is -0.256 e. The lowest BCUT2D eigenvalue weighted by molar-refractivity contribution is 0.843. The molecule has 3 aromatic heterocycles. The molecule has 0 radical (unpaired) electrons. The van der Waals surface area contributed by atoms with E-state index in [0.717, 1.165) is 33.6 Å². The van der Waals surface area contributed by atoms with Gasteiger partial charge in [-0.1, -0.05) is 29.4 Å². The van der Waals surface area contributed by atoms with Crippen molar-refractivity contribution >= 4 is 40.0 Å². The molecule has 0 aliphatic heterocycles. The van der Waals surface area contributed by atoms with Crippen LogP contribution in [0.3, 0.4) is 0 Å². The summed E-state index contributed by atoms with van der Waals surface area (Å²) in [6.45, 7) is 3.96. The van der Waals surface area contributed by atoms with Crippen molar-refractivity contribution in [2.45, 2.75) is 24.8 Å². The zero-order valence-corrected chi connectivity index (χ0v) is 14.8. The Hall–Kier alpha value is -2.18. The van der Waals surface area contributed by atoms with E-state index in [4.69, 9.17) is 11.6 Å². The van der Waals surface area contributed by atoms with E-state index >= 15 is 0 Å². The summed E-state index contributed by atoms with van der Waals surface area (Å²) in [5.74, 6) is 1.36. The van der Waals surface area contributed by atoms with Crippen LogP contribution in [0.5, 0.6) is 0 Å². The largest absolute Gasteiger partial charge is 0.256 e. The Kier molecular flexibility index (Phi) is 3.86. The van der Waals surface area contributed by atoms with Gasteiger partial charge < -0.3 is 0 Å². The van der Waals surface area contributed by atoms with E-state index in [9.17, 15) is 0 Å². The second kappa shape index (κ2) is 6.03. The minimum absolute atomic E-state index is 0.633. The molecule has 1 aromatic carbocycles. The first-order valence-corrected chi connectivity index (χ1v) is 8.84. The molecule has 0 spiro atoms. The maximum Gasteiger partial charge on any atom is 0.253 e. The zero-order chi connectivity index (χ0) is 16.7. The Labute approximate surface area is 148 Å². The summed E-state index contributed by atoms with van der Waals surface area (Å²) in [7, 11) is 0. The summed E-state index contributed by atoms with van der Waals surface area (Å²) in [6, 6.07) is 9.79. The molecule has 0 saturated heterocycles. The van der Waals surface area contributed by atoms with E-state index in [-0.39, 0.29) is 0 Å². The first-order chi connectivity index (χ1) is 11.6. The first kappa shape index (κ1) is 15.4. The van der Waals surface area contributed by atoms with Gasteiger partial charge in [-0.05, 0) is 43.7 Å². The van der Waals surface area contributed by atoms with Gasteiger partial charge in [-0.2, -0.15) is 4.98 Å². The van der Waals surface area contributed by atoms with E-state index in [0.29, 0.717) is 16.0 Å². The fourth-order valence-electron chi connectivity index (χ4n) is 2.66. The smallest absolute Gasteiger partial charge is 0.253 e. The minimum atomic E-state index is 0.633. The van der Waals surface area contributed by atoms with Crippen LogP contribution in [0.25, 0.3) is 16.7 Å². The van der Waals surface area contributed by atoms with Crippen molar-refractivity contribution in [1.82, 2.24) is 24.6 Å². The van der Waals surface area contributed by atoms with Crippen LogP contribution in [-0.4, -0.2) is 24.6 Å². The molecule has 0 amide bonds. The van der Waals surface area contributed by atoms with Crippen molar-refractivity contribution in [3.8, 4) is 0 Å². The third-order valence-corrected chi connectivity index (χ3v) is 4.97. The number of fused-ring (bicyclic) bond motifs is 2. The third-order valence-electron chi connectivity index (χ3n) is 3.76. The number of benzene rings is 1. The van der Waals surface area contributed by atoms with E-state index < -0.39 is 0 Å². The molecule has 7 heteroatoms. The second-order valence-electron chi connectivity index (χ2n) is 5.54. The number of rotatable bonds is 3. The van der Waals surface area contributed by atoms with Gasteiger partial charge in [0.05, 0.1) is 5.52 Å². The molecule has 0 N–H and O–H groups in total.